The zero-order valence-electron chi connectivity index (χ0n) is 12.8. The fraction of sp³-hybridized carbons (Fsp3) is 0.250. The second-order valence-corrected chi connectivity index (χ2v) is 5.55. The first kappa shape index (κ1) is 13.7. The van der Waals surface area contributed by atoms with Crippen LogP contribution in [0.25, 0.3) is 10.9 Å². The third kappa shape index (κ3) is 2.40. The summed E-state index contributed by atoms with van der Waals surface area (Å²) in [5, 5.41) is 5.10. The summed E-state index contributed by atoms with van der Waals surface area (Å²) in [6.07, 6.45) is 5.12. The van der Waals surface area contributed by atoms with Crippen LogP contribution in [0.1, 0.15) is 0 Å². The van der Waals surface area contributed by atoms with E-state index in [1.54, 1.807) is 22.1 Å². The van der Waals surface area contributed by atoms with E-state index >= 15 is 0 Å². The summed E-state index contributed by atoms with van der Waals surface area (Å²) in [4.78, 5) is 25.0. The molecular formula is C16H16N6O. The van der Waals surface area contributed by atoms with Crippen molar-refractivity contribution in [2.75, 3.05) is 29.4 Å². The Kier molecular flexibility index (Phi) is 3.18. The van der Waals surface area contributed by atoms with Crippen LogP contribution in [0.3, 0.4) is 0 Å². The maximum atomic E-state index is 12.5. The lowest BCUT2D eigenvalue weighted by molar-refractivity contribution is -0.117. The predicted molar refractivity (Wildman–Crippen MR) is 87.3 cm³/mol. The number of aromatic nitrogens is 4. The van der Waals surface area contributed by atoms with Crippen LogP contribution in [-0.4, -0.2) is 45.3 Å². The molecule has 0 spiro atoms. The summed E-state index contributed by atoms with van der Waals surface area (Å²) in [6, 6.07) is 7.85. The number of piperazine rings is 1. The molecule has 0 aliphatic carbocycles. The molecule has 0 unspecified atom stereocenters. The van der Waals surface area contributed by atoms with E-state index in [9.17, 15) is 4.79 Å². The summed E-state index contributed by atoms with van der Waals surface area (Å²) in [5.74, 6) is 0.863. The molecule has 0 bridgehead atoms. The highest BCUT2D eigenvalue weighted by Crippen LogP contribution is 2.25. The number of fused-ring (bicyclic) bond motifs is 1. The first-order valence-corrected chi connectivity index (χ1v) is 7.46. The van der Waals surface area contributed by atoms with Crippen molar-refractivity contribution in [3.8, 4) is 0 Å². The molecule has 0 N–H and O–H groups in total. The summed E-state index contributed by atoms with van der Waals surface area (Å²) in [6.45, 7) is 1.64. The molecule has 7 heteroatoms. The second kappa shape index (κ2) is 5.35. The van der Waals surface area contributed by atoms with Gasteiger partial charge >= 0.3 is 0 Å². The van der Waals surface area contributed by atoms with Gasteiger partial charge in [-0.25, -0.2) is 9.97 Å². The van der Waals surface area contributed by atoms with Gasteiger partial charge in [0.25, 0.3) is 0 Å². The van der Waals surface area contributed by atoms with Crippen LogP contribution in [0.4, 0.5) is 11.5 Å². The Hall–Kier alpha value is -2.96. The van der Waals surface area contributed by atoms with Crippen LogP contribution in [0.2, 0.25) is 0 Å². The molecule has 1 aliphatic rings. The van der Waals surface area contributed by atoms with E-state index in [4.69, 9.17) is 0 Å². The van der Waals surface area contributed by atoms with E-state index in [1.165, 1.54) is 0 Å². The number of anilines is 2. The Balaban J connectivity index is 1.62. The fourth-order valence-electron chi connectivity index (χ4n) is 2.92. The fourth-order valence-corrected chi connectivity index (χ4v) is 2.92. The monoisotopic (exact) mass is 308 g/mol. The molecule has 2 aromatic heterocycles. The topological polar surface area (TPSA) is 67.2 Å². The molecule has 23 heavy (non-hydrogen) atoms. The molecule has 1 saturated heterocycles. The zero-order chi connectivity index (χ0) is 15.8. The zero-order valence-corrected chi connectivity index (χ0v) is 12.8. The number of rotatable bonds is 2. The average molecular weight is 308 g/mol. The lowest BCUT2D eigenvalue weighted by atomic mass is 10.2. The minimum Gasteiger partial charge on any atom is -0.345 e. The average Bonchev–Trinajstić information content (AvgIpc) is 3.00. The molecule has 7 nitrogen and oxygen atoms in total. The number of nitrogens with zero attached hydrogens (tertiary/aromatic N) is 6. The third-order valence-electron chi connectivity index (χ3n) is 4.04. The second-order valence-electron chi connectivity index (χ2n) is 5.55. The molecule has 0 atom stereocenters. The van der Waals surface area contributed by atoms with Gasteiger partial charge in [0, 0.05) is 31.7 Å². The van der Waals surface area contributed by atoms with E-state index < -0.39 is 0 Å². The summed E-state index contributed by atoms with van der Waals surface area (Å²) >= 11 is 0. The first-order chi connectivity index (χ1) is 11.2. The molecule has 1 aromatic carbocycles. The highest BCUT2D eigenvalue weighted by Gasteiger charge is 2.27. The normalized spacial score (nSPS) is 15.4. The van der Waals surface area contributed by atoms with Gasteiger partial charge in [0.15, 0.2) is 0 Å². The Morgan fingerprint density at radius 2 is 2.00 bits per heavy atom. The van der Waals surface area contributed by atoms with Gasteiger partial charge in [-0.3, -0.25) is 9.48 Å². The van der Waals surface area contributed by atoms with Gasteiger partial charge in [-0.1, -0.05) is 12.1 Å². The van der Waals surface area contributed by atoms with Crippen LogP contribution in [-0.2, 0) is 11.8 Å². The van der Waals surface area contributed by atoms with Gasteiger partial charge in [0.05, 0.1) is 23.9 Å². The van der Waals surface area contributed by atoms with Crippen molar-refractivity contribution in [3.05, 3.63) is 43.0 Å². The van der Waals surface area contributed by atoms with Crippen LogP contribution < -0.4 is 9.80 Å². The Morgan fingerprint density at radius 1 is 1.13 bits per heavy atom. The number of hydrogen-bond acceptors (Lipinski definition) is 5. The van der Waals surface area contributed by atoms with E-state index in [0.717, 1.165) is 29.0 Å². The summed E-state index contributed by atoms with van der Waals surface area (Å²) in [7, 11) is 1.84. The highest BCUT2D eigenvalue weighted by atomic mass is 16.2. The summed E-state index contributed by atoms with van der Waals surface area (Å²) in [5.41, 5.74) is 1.73. The van der Waals surface area contributed by atoms with Gasteiger partial charge in [0.1, 0.15) is 12.1 Å². The highest BCUT2D eigenvalue weighted by molar-refractivity contribution is 5.99. The van der Waals surface area contributed by atoms with E-state index in [2.05, 4.69) is 15.1 Å². The SMILES string of the molecule is Cn1cc(N2CCN(c3ncnc4ccccc34)CC2=O)cn1. The van der Waals surface area contributed by atoms with Gasteiger partial charge in [0.2, 0.25) is 5.91 Å². The summed E-state index contributed by atoms with van der Waals surface area (Å²) < 4.78 is 1.70. The Bertz CT molecular complexity index is 868. The van der Waals surface area contributed by atoms with Gasteiger partial charge in [-0.2, -0.15) is 5.10 Å². The molecule has 3 heterocycles. The van der Waals surface area contributed by atoms with Gasteiger partial charge in [-0.05, 0) is 12.1 Å². The predicted octanol–water partition coefficient (Wildman–Crippen LogP) is 1.22. The van der Waals surface area contributed by atoms with Crippen molar-refractivity contribution in [2.24, 2.45) is 7.05 Å². The van der Waals surface area contributed by atoms with Crippen LogP contribution >= 0.6 is 0 Å². The minimum atomic E-state index is 0.0481. The van der Waals surface area contributed by atoms with Crippen LogP contribution in [0, 0.1) is 0 Å². The Morgan fingerprint density at radius 3 is 2.78 bits per heavy atom. The molecule has 0 radical (unpaired) electrons. The van der Waals surface area contributed by atoms with Crippen molar-refractivity contribution in [3.63, 3.8) is 0 Å². The first-order valence-electron chi connectivity index (χ1n) is 7.46. The lowest BCUT2D eigenvalue weighted by Crippen LogP contribution is -2.50. The molecule has 1 fully saturated rings. The maximum Gasteiger partial charge on any atom is 0.246 e. The molecule has 116 valence electrons. The number of aryl methyl sites for hydroxylation is 1. The van der Waals surface area contributed by atoms with E-state index in [-0.39, 0.29) is 5.91 Å². The van der Waals surface area contributed by atoms with Crippen molar-refractivity contribution < 1.29 is 4.79 Å². The molecule has 4 rings (SSSR count). The van der Waals surface area contributed by atoms with Crippen molar-refractivity contribution in [1.82, 2.24) is 19.7 Å². The van der Waals surface area contributed by atoms with E-state index in [0.29, 0.717) is 13.1 Å². The standard InChI is InChI=1S/C16H16N6O/c1-20-9-12(8-19-20)22-7-6-21(10-15(22)23)16-13-4-2-3-5-14(13)17-11-18-16/h2-5,8-9,11H,6-7,10H2,1H3. The quantitative estimate of drug-likeness (QED) is 0.712. The number of carbonyl (C=O) groups is 1. The molecule has 3 aromatic rings. The molecular weight excluding hydrogens is 292 g/mol. The van der Waals surface area contributed by atoms with E-state index in [1.807, 2.05) is 42.4 Å². The number of benzene rings is 1. The lowest BCUT2D eigenvalue weighted by Gasteiger charge is -2.34. The van der Waals surface area contributed by atoms with Gasteiger partial charge in [-0.15, -0.1) is 0 Å². The number of carbonyl (C=O) groups excluding carboxylic acids is 1. The van der Waals surface area contributed by atoms with Crippen molar-refractivity contribution in [2.45, 2.75) is 0 Å². The molecule has 0 saturated carbocycles. The number of amides is 1. The Labute approximate surface area is 133 Å². The van der Waals surface area contributed by atoms with Crippen LogP contribution in [0.15, 0.2) is 43.0 Å². The largest absolute Gasteiger partial charge is 0.345 e. The number of para-hydroxylation sites is 1. The minimum absolute atomic E-state index is 0.0481. The third-order valence-corrected chi connectivity index (χ3v) is 4.04. The van der Waals surface area contributed by atoms with Gasteiger partial charge < -0.3 is 9.80 Å². The van der Waals surface area contributed by atoms with Crippen LogP contribution in [0.5, 0.6) is 0 Å². The molecule has 1 aliphatic heterocycles. The number of hydrogen-bond donors (Lipinski definition) is 0. The van der Waals surface area contributed by atoms with Crippen molar-refractivity contribution in [1.29, 1.82) is 0 Å². The smallest absolute Gasteiger partial charge is 0.246 e. The maximum absolute atomic E-state index is 12.5. The van der Waals surface area contributed by atoms with Crippen molar-refractivity contribution >= 4 is 28.3 Å². The molecule has 1 amide bonds.